The SMILES string of the molecule is Bc1ccc(Cl)cc1CBr. The second-order valence-corrected chi connectivity index (χ2v) is 3.20. The summed E-state index contributed by atoms with van der Waals surface area (Å²) in [5.41, 5.74) is 2.54. The summed E-state index contributed by atoms with van der Waals surface area (Å²) in [6.45, 7) is 0. The summed E-state index contributed by atoms with van der Waals surface area (Å²) in [6.07, 6.45) is 0. The van der Waals surface area contributed by atoms with Gasteiger partial charge in [0.05, 0.1) is 0 Å². The summed E-state index contributed by atoms with van der Waals surface area (Å²) < 4.78 is 0. The molecule has 0 N–H and O–H groups in total. The van der Waals surface area contributed by atoms with Gasteiger partial charge in [-0.2, -0.15) is 0 Å². The lowest BCUT2D eigenvalue weighted by atomic mass is 9.92. The van der Waals surface area contributed by atoms with Crippen LogP contribution in [0.15, 0.2) is 18.2 Å². The van der Waals surface area contributed by atoms with Crippen molar-refractivity contribution in [2.75, 3.05) is 0 Å². The molecule has 10 heavy (non-hydrogen) atoms. The van der Waals surface area contributed by atoms with Crippen molar-refractivity contribution in [2.24, 2.45) is 0 Å². The van der Waals surface area contributed by atoms with Crippen LogP contribution < -0.4 is 5.46 Å². The highest BCUT2D eigenvalue weighted by molar-refractivity contribution is 9.08. The van der Waals surface area contributed by atoms with Crippen LogP contribution in [0, 0.1) is 0 Å². The molecule has 1 rings (SSSR count). The Balaban J connectivity index is 3.09. The summed E-state index contributed by atoms with van der Waals surface area (Å²) in [6, 6.07) is 5.91. The predicted octanol–water partition coefficient (Wildman–Crippen LogP) is 1.49. The van der Waals surface area contributed by atoms with Crippen LogP contribution in [0.25, 0.3) is 0 Å². The van der Waals surface area contributed by atoms with Crippen molar-refractivity contribution in [3.63, 3.8) is 0 Å². The Hall–Kier alpha value is 0.0549. The van der Waals surface area contributed by atoms with Crippen molar-refractivity contribution in [1.29, 1.82) is 0 Å². The molecule has 0 aromatic heterocycles. The van der Waals surface area contributed by atoms with Crippen LogP contribution in [0.5, 0.6) is 0 Å². The maximum absolute atomic E-state index is 5.77. The maximum Gasteiger partial charge on any atom is 0.139 e. The second-order valence-electron chi connectivity index (χ2n) is 2.20. The van der Waals surface area contributed by atoms with Gasteiger partial charge in [-0.3, -0.25) is 0 Å². The zero-order valence-corrected chi connectivity index (χ0v) is 8.04. The molecule has 0 amide bonds. The number of halogens is 2. The minimum atomic E-state index is 0.806. The zero-order chi connectivity index (χ0) is 7.56. The molecule has 0 saturated heterocycles. The first-order chi connectivity index (χ1) is 4.74. The molecule has 0 nitrogen and oxygen atoms in total. The van der Waals surface area contributed by atoms with Gasteiger partial charge >= 0.3 is 0 Å². The molecule has 0 aliphatic rings. The molecule has 0 fully saturated rings. The first kappa shape index (κ1) is 8.15. The van der Waals surface area contributed by atoms with Crippen LogP contribution in [0.2, 0.25) is 5.02 Å². The van der Waals surface area contributed by atoms with E-state index in [1.807, 2.05) is 18.2 Å². The Morgan fingerprint density at radius 2 is 2.20 bits per heavy atom. The molecule has 0 heterocycles. The van der Waals surface area contributed by atoms with Crippen LogP contribution in [0.1, 0.15) is 5.56 Å². The predicted molar refractivity (Wildman–Crippen MR) is 52.3 cm³/mol. The summed E-state index contributed by atoms with van der Waals surface area (Å²) in [5, 5.41) is 1.68. The molecule has 0 bridgehead atoms. The third-order valence-corrected chi connectivity index (χ3v) is 2.29. The number of hydrogen-bond donors (Lipinski definition) is 0. The van der Waals surface area contributed by atoms with Crippen LogP contribution >= 0.6 is 27.5 Å². The Morgan fingerprint density at radius 1 is 1.50 bits per heavy atom. The van der Waals surface area contributed by atoms with E-state index in [0.717, 1.165) is 10.4 Å². The van der Waals surface area contributed by atoms with Crippen molar-refractivity contribution in [2.45, 2.75) is 5.33 Å². The fraction of sp³-hybridized carbons (Fsp3) is 0.143. The van der Waals surface area contributed by atoms with E-state index in [1.54, 1.807) is 0 Å². The van der Waals surface area contributed by atoms with E-state index in [1.165, 1.54) is 11.0 Å². The number of benzene rings is 1. The van der Waals surface area contributed by atoms with E-state index in [4.69, 9.17) is 11.6 Å². The summed E-state index contributed by atoms with van der Waals surface area (Å²) in [4.78, 5) is 0. The first-order valence-corrected chi connectivity index (χ1v) is 4.55. The second kappa shape index (κ2) is 3.45. The smallest absolute Gasteiger partial charge is 0.0877 e. The molecule has 3 heteroatoms. The van der Waals surface area contributed by atoms with E-state index in [9.17, 15) is 0 Å². The van der Waals surface area contributed by atoms with E-state index in [2.05, 4.69) is 23.8 Å². The lowest BCUT2D eigenvalue weighted by Gasteiger charge is -2.00. The number of rotatable bonds is 1. The molecular formula is C7H7BBrCl. The summed E-state index contributed by atoms with van der Waals surface area (Å²) >= 11 is 9.16. The zero-order valence-electron chi connectivity index (χ0n) is 5.70. The Morgan fingerprint density at radius 3 is 2.70 bits per heavy atom. The molecule has 0 unspecified atom stereocenters. The average molecular weight is 217 g/mol. The van der Waals surface area contributed by atoms with Gasteiger partial charge in [0, 0.05) is 10.4 Å². The molecule has 1 aromatic rings. The Labute approximate surface area is 75.1 Å². The van der Waals surface area contributed by atoms with Crippen molar-refractivity contribution in [3.05, 3.63) is 28.8 Å². The van der Waals surface area contributed by atoms with Gasteiger partial charge in [0.15, 0.2) is 0 Å². The fourth-order valence-electron chi connectivity index (χ4n) is 0.784. The molecule has 1 aromatic carbocycles. The molecule has 0 aliphatic heterocycles. The third kappa shape index (κ3) is 1.77. The highest BCUT2D eigenvalue weighted by atomic mass is 79.9. The van der Waals surface area contributed by atoms with Gasteiger partial charge in [-0.05, 0) is 17.7 Å². The molecule has 0 atom stereocenters. The van der Waals surface area contributed by atoms with Crippen molar-refractivity contribution >= 4 is 40.8 Å². The Kier molecular flexibility index (Phi) is 2.81. The van der Waals surface area contributed by atoms with Crippen molar-refractivity contribution in [3.8, 4) is 0 Å². The lowest BCUT2D eigenvalue weighted by molar-refractivity contribution is 1.48. The van der Waals surface area contributed by atoms with Gasteiger partial charge in [-0.1, -0.05) is 39.1 Å². The highest BCUT2D eigenvalue weighted by Crippen LogP contribution is 2.10. The van der Waals surface area contributed by atoms with Gasteiger partial charge < -0.3 is 0 Å². The molecule has 0 spiro atoms. The van der Waals surface area contributed by atoms with E-state index >= 15 is 0 Å². The molecule has 0 saturated carbocycles. The largest absolute Gasteiger partial charge is 0.139 e. The summed E-state index contributed by atoms with van der Waals surface area (Å²) in [5.74, 6) is 0. The normalized spacial score (nSPS) is 9.80. The van der Waals surface area contributed by atoms with Gasteiger partial charge in [0.2, 0.25) is 0 Å². The minimum absolute atomic E-state index is 0.806. The maximum atomic E-state index is 5.77. The van der Waals surface area contributed by atoms with Crippen molar-refractivity contribution in [1.82, 2.24) is 0 Å². The summed E-state index contributed by atoms with van der Waals surface area (Å²) in [7, 11) is 2.08. The molecule has 0 radical (unpaired) electrons. The minimum Gasteiger partial charge on any atom is -0.0877 e. The quantitative estimate of drug-likeness (QED) is 0.494. The van der Waals surface area contributed by atoms with Crippen LogP contribution in [0.3, 0.4) is 0 Å². The highest BCUT2D eigenvalue weighted by Gasteiger charge is 1.95. The number of hydrogen-bond acceptors (Lipinski definition) is 0. The standard InChI is InChI=1S/C7H7BBrCl/c8-7-2-1-6(10)3-5(7)4-9/h1-3H,4,8H2. The van der Waals surface area contributed by atoms with Gasteiger partial charge in [-0.15, -0.1) is 0 Å². The van der Waals surface area contributed by atoms with E-state index in [-0.39, 0.29) is 0 Å². The Bertz CT molecular complexity index is 237. The van der Waals surface area contributed by atoms with Crippen LogP contribution in [0.4, 0.5) is 0 Å². The van der Waals surface area contributed by atoms with E-state index < -0.39 is 0 Å². The van der Waals surface area contributed by atoms with Gasteiger partial charge in [0.1, 0.15) is 7.85 Å². The molecule has 0 aliphatic carbocycles. The van der Waals surface area contributed by atoms with Crippen molar-refractivity contribution < 1.29 is 0 Å². The van der Waals surface area contributed by atoms with E-state index in [0.29, 0.717) is 0 Å². The third-order valence-electron chi connectivity index (χ3n) is 1.46. The lowest BCUT2D eigenvalue weighted by Crippen LogP contribution is -2.07. The monoisotopic (exact) mass is 216 g/mol. The van der Waals surface area contributed by atoms with Crippen LogP contribution in [-0.2, 0) is 5.33 Å². The topological polar surface area (TPSA) is 0 Å². The number of alkyl halides is 1. The van der Waals surface area contributed by atoms with Crippen LogP contribution in [-0.4, -0.2) is 7.85 Å². The molecule has 52 valence electrons. The molecular weight excluding hydrogens is 210 g/mol. The van der Waals surface area contributed by atoms with Gasteiger partial charge in [0.25, 0.3) is 0 Å². The van der Waals surface area contributed by atoms with Gasteiger partial charge in [-0.25, -0.2) is 0 Å². The average Bonchev–Trinajstić information content (AvgIpc) is 1.94. The first-order valence-electron chi connectivity index (χ1n) is 3.05. The fourth-order valence-corrected chi connectivity index (χ4v) is 1.58.